The Morgan fingerprint density at radius 1 is 1.15 bits per heavy atom. The van der Waals surface area contributed by atoms with E-state index in [-0.39, 0.29) is 11.6 Å². The number of nitrogen functional groups attached to an aromatic ring is 1. The van der Waals surface area contributed by atoms with Crippen molar-refractivity contribution in [3.05, 3.63) is 62.3 Å². The molecule has 136 valence electrons. The van der Waals surface area contributed by atoms with Crippen molar-refractivity contribution >= 4 is 39.4 Å². The van der Waals surface area contributed by atoms with Gasteiger partial charge in [0.05, 0.1) is 17.1 Å². The number of rotatable bonds is 3. The first-order chi connectivity index (χ1) is 13.0. The molecule has 0 fully saturated rings. The molecule has 0 amide bonds. The summed E-state index contributed by atoms with van der Waals surface area (Å²) in [5.74, 6) is 0.383. The van der Waals surface area contributed by atoms with Gasteiger partial charge < -0.3 is 5.73 Å². The van der Waals surface area contributed by atoms with Crippen molar-refractivity contribution < 1.29 is 0 Å². The van der Waals surface area contributed by atoms with E-state index in [1.165, 1.54) is 11.0 Å². The summed E-state index contributed by atoms with van der Waals surface area (Å²) < 4.78 is 3.81. The Hall–Kier alpha value is -2.82. The molecule has 0 aliphatic carbocycles. The average molecular weight is 473 g/mol. The van der Waals surface area contributed by atoms with Gasteiger partial charge in [0.1, 0.15) is 15.8 Å². The van der Waals surface area contributed by atoms with Crippen molar-refractivity contribution in [2.75, 3.05) is 5.73 Å². The van der Waals surface area contributed by atoms with Crippen molar-refractivity contribution in [2.24, 2.45) is 7.05 Å². The third-order valence-corrected chi connectivity index (χ3v) is 5.22. The molecule has 27 heavy (non-hydrogen) atoms. The number of nitrogens with two attached hydrogens (primary N) is 1. The molecule has 0 saturated carbocycles. The normalized spacial score (nSPS) is 12.4. The fourth-order valence-corrected chi connectivity index (χ4v) is 3.80. The van der Waals surface area contributed by atoms with Crippen LogP contribution in [0.25, 0.3) is 22.3 Å². The second-order valence-corrected chi connectivity index (χ2v) is 7.17. The summed E-state index contributed by atoms with van der Waals surface area (Å²) in [4.78, 5) is 20.7. The molecule has 1 aromatic carbocycles. The van der Waals surface area contributed by atoms with Gasteiger partial charge in [0.15, 0.2) is 5.65 Å². The summed E-state index contributed by atoms with van der Waals surface area (Å²) in [7, 11) is 1.64. The number of hydrogen-bond donors (Lipinski definition) is 1. The first-order valence-corrected chi connectivity index (χ1v) is 9.33. The Balaban J connectivity index is 1.96. The van der Waals surface area contributed by atoms with Crippen molar-refractivity contribution in [1.82, 2.24) is 29.5 Å². The largest absolute Gasteiger partial charge is 0.383 e. The van der Waals surface area contributed by atoms with E-state index in [1.54, 1.807) is 17.8 Å². The summed E-state index contributed by atoms with van der Waals surface area (Å²) in [5.41, 5.74) is 8.86. The van der Waals surface area contributed by atoms with E-state index in [0.29, 0.717) is 20.6 Å². The lowest BCUT2D eigenvalue weighted by Gasteiger charge is -2.17. The quantitative estimate of drug-likeness (QED) is 0.459. The van der Waals surface area contributed by atoms with E-state index in [1.807, 2.05) is 37.3 Å². The summed E-state index contributed by atoms with van der Waals surface area (Å²) in [6.07, 6.45) is 1.42. The maximum atomic E-state index is 12.3. The maximum absolute atomic E-state index is 12.3. The first-order valence-electron chi connectivity index (χ1n) is 8.25. The van der Waals surface area contributed by atoms with Crippen LogP contribution in [0.2, 0.25) is 0 Å². The molecule has 1 unspecified atom stereocenters. The Kier molecular flexibility index (Phi) is 4.38. The molecule has 9 heteroatoms. The molecule has 0 bridgehead atoms. The molecule has 1 atom stereocenters. The van der Waals surface area contributed by atoms with Crippen LogP contribution in [0.3, 0.4) is 0 Å². The Bertz CT molecular complexity index is 1200. The zero-order valence-electron chi connectivity index (χ0n) is 14.7. The highest BCUT2D eigenvalue weighted by Crippen LogP contribution is 2.31. The number of halogens is 1. The summed E-state index contributed by atoms with van der Waals surface area (Å²) in [5, 5.41) is 9.81. The van der Waals surface area contributed by atoms with Crippen LogP contribution in [-0.4, -0.2) is 29.5 Å². The van der Waals surface area contributed by atoms with Crippen LogP contribution in [0.1, 0.15) is 18.5 Å². The fourth-order valence-electron chi connectivity index (χ4n) is 3.05. The van der Waals surface area contributed by atoms with Crippen LogP contribution >= 0.6 is 22.6 Å². The minimum atomic E-state index is -0.276. The molecule has 2 N–H and O–H groups in total. The molecular formula is C18H16IN7O. The lowest BCUT2D eigenvalue weighted by atomic mass is 10.0. The number of hydrogen-bond acceptors (Lipinski definition) is 6. The van der Waals surface area contributed by atoms with Crippen molar-refractivity contribution in [3.8, 4) is 11.3 Å². The van der Waals surface area contributed by atoms with E-state index in [9.17, 15) is 4.79 Å². The van der Waals surface area contributed by atoms with Gasteiger partial charge in [-0.3, -0.25) is 4.79 Å². The molecule has 0 saturated heterocycles. The predicted octanol–water partition coefficient (Wildman–Crippen LogP) is 2.38. The lowest BCUT2D eigenvalue weighted by Crippen LogP contribution is -2.23. The first kappa shape index (κ1) is 17.6. The summed E-state index contributed by atoms with van der Waals surface area (Å²) in [6.45, 7) is 1.96. The summed E-state index contributed by atoms with van der Waals surface area (Å²) in [6, 6.07) is 11.1. The van der Waals surface area contributed by atoms with Crippen LogP contribution in [0.15, 0.2) is 47.5 Å². The minimum Gasteiger partial charge on any atom is -0.383 e. The van der Waals surface area contributed by atoms with Crippen molar-refractivity contribution in [3.63, 3.8) is 0 Å². The standard InChI is InChI=1S/C18H16IN7O/c1-10(26-18-14(16(19)24-26)17(20)21-9-22-18)12-8-13(27)25(2)23-15(12)11-6-4-3-5-7-11/h3-10H,1-2H3,(H2,20,21,22). The van der Waals surface area contributed by atoms with Gasteiger partial charge in [-0.2, -0.15) is 10.2 Å². The molecular weight excluding hydrogens is 457 g/mol. The van der Waals surface area contributed by atoms with Gasteiger partial charge in [0.2, 0.25) is 0 Å². The van der Waals surface area contributed by atoms with Gasteiger partial charge in [0, 0.05) is 24.2 Å². The van der Waals surface area contributed by atoms with Gasteiger partial charge in [-0.25, -0.2) is 19.3 Å². The molecule has 3 aromatic heterocycles. The van der Waals surface area contributed by atoms with Crippen LogP contribution in [0.5, 0.6) is 0 Å². The van der Waals surface area contributed by atoms with E-state index in [4.69, 9.17) is 5.73 Å². The number of aryl methyl sites for hydroxylation is 1. The van der Waals surface area contributed by atoms with Gasteiger partial charge in [-0.05, 0) is 29.5 Å². The zero-order valence-corrected chi connectivity index (χ0v) is 16.8. The predicted molar refractivity (Wildman–Crippen MR) is 111 cm³/mol. The fraction of sp³-hybridized carbons (Fsp3) is 0.167. The third-order valence-electron chi connectivity index (χ3n) is 4.46. The summed E-state index contributed by atoms with van der Waals surface area (Å²) >= 11 is 2.12. The lowest BCUT2D eigenvalue weighted by molar-refractivity contribution is 0.567. The second kappa shape index (κ2) is 6.72. The van der Waals surface area contributed by atoms with Crippen LogP contribution in [-0.2, 0) is 7.05 Å². The highest BCUT2D eigenvalue weighted by Gasteiger charge is 2.22. The van der Waals surface area contributed by atoms with Gasteiger partial charge in [-0.15, -0.1) is 0 Å². The smallest absolute Gasteiger partial charge is 0.266 e. The second-order valence-electron chi connectivity index (χ2n) is 6.15. The molecule has 4 rings (SSSR count). The molecule has 0 radical (unpaired) electrons. The highest BCUT2D eigenvalue weighted by atomic mass is 127. The molecule has 8 nitrogen and oxygen atoms in total. The Morgan fingerprint density at radius 2 is 1.89 bits per heavy atom. The van der Waals surface area contributed by atoms with E-state index >= 15 is 0 Å². The number of fused-ring (bicyclic) bond motifs is 1. The number of nitrogens with zero attached hydrogens (tertiary/aromatic N) is 6. The monoisotopic (exact) mass is 473 g/mol. The number of benzene rings is 1. The van der Waals surface area contributed by atoms with Crippen LogP contribution in [0.4, 0.5) is 5.82 Å². The third kappa shape index (κ3) is 2.97. The van der Waals surface area contributed by atoms with Gasteiger partial charge >= 0.3 is 0 Å². The molecule has 0 aliphatic heterocycles. The SMILES string of the molecule is CC(c1cc(=O)n(C)nc1-c1ccccc1)n1nc(I)c2c(N)ncnc21. The van der Waals surface area contributed by atoms with Crippen molar-refractivity contribution in [1.29, 1.82) is 0 Å². The molecule has 0 aliphatic rings. The van der Waals surface area contributed by atoms with Gasteiger partial charge in [0.25, 0.3) is 5.56 Å². The maximum Gasteiger partial charge on any atom is 0.266 e. The molecule has 0 spiro atoms. The topological polar surface area (TPSA) is 105 Å². The average Bonchev–Trinajstić information content (AvgIpc) is 3.02. The minimum absolute atomic E-state index is 0.183. The molecule has 3 heterocycles. The number of anilines is 1. The Labute approximate surface area is 168 Å². The van der Waals surface area contributed by atoms with Gasteiger partial charge in [-0.1, -0.05) is 30.3 Å². The zero-order chi connectivity index (χ0) is 19.1. The van der Waals surface area contributed by atoms with Crippen LogP contribution in [0, 0.1) is 3.70 Å². The van der Waals surface area contributed by atoms with E-state index in [2.05, 4.69) is 42.8 Å². The molecule has 4 aromatic rings. The van der Waals surface area contributed by atoms with E-state index in [0.717, 1.165) is 16.8 Å². The van der Waals surface area contributed by atoms with Crippen LogP contribution < -0.4 is 11.3 Å². The van der Waals surface area contributed by atoms with E-state index < -0.39 is 0 Å². The Morgan fingerprint density at radius 3 is 2.63 bits per heavy atom. The number of aromatic nitrogens is 6. The highest BCUT2D eigenvalue weighted by molar-refractivity contribution is 14.1. The van der Waals surface area contributed by atoms with Crippen molar-refractivity contribution in [2.45, 2.75) is 13.0 Å².